The zero-order chi connectivity index (χ0) is 22.3. The summed E-state index contributed by atoms with van der Waals surface area (Å²) >= 11 is 6.21. The van der Waals surface area contributed by atoms with Crippen molar-refractivity contribution in [3.05, 3.63) is 65.4 Å². The Labute approximate surface area is 191 Å². The molecule has 3 atom stereocenters. The van der Waals surface area contributed by atoms with Crippen LogP contribution in [0, 0.1) is 5.92 Å². The largest absolute Gasteiger partial charge is 0.326 e. The number of carbonyl (C=O) groups excluding carboxylic acids is 1. The average Bonchev–Trinajstić information content (AvgIpc) is 3.44. The molecule has 0 radical (unpaired) electrons. The number of sulfonamides is 1. The molecule has 1 aromatic heterocycles. The van der Waals surface area contributed by atoms with Gasteiger partial charge >= 0.3 is 0 Å². The maximum atomic E-state index is 12.7. The number of hydrogen-bond acceptors (Lipinski definition) is 5. The molecule has 2 heterocycles. The predicted molar refractivity (Wildman–Crippen MR) is 124 cm³/mol. The van der Waals surface area contributed by atoms with Crippen molar-refractivity contribution in [1.82, 2.24) is 15.0 Å². The molecule has 0 bridgehead atoms. The van der Waals surface area contributed by atoms with Crippen molar-refractivity contribution in [3.8, 4) is 0 Å². The van der Waals surface area contributed by atoms with Crippen LogP contribution in [0.2, 0.25) is 5.02 Å². The molecule has 2 fully saturated rings. The van der Waals surface area contributed by atoms with Crippen LogP contribution >= 0.6 is 11.6 Å². The van der Waals surface area contributed by atoms with Gasteiger partial charge in [0.1, 0.15) is 0 Å². The van der Waals surface area contributed by atoms with Crippen LogP contribution in [0.1, 0.15) is 24.3 Å². The fraction of sp³-hybridized carbons (Fsp3) is 0.304. The van der Waals surface area contributed by atoms with E-state index in [1.54, 1.807) is 24.5 Å². The third-order valence-electron chi connectivity index (χ3n) is 6.11. The molecule has 1 aliphatic heterocycles. The molecule has 166 valence electrons. The van der Waals surface area contributed by atoms with Crippen molar-refractivity contribution in [1.29, 1.82) is 0 Å². The van der Waals surface area contributed by atoms with E-state index in [9.17, 15) is 13.2 Å². The zero-order valence-corrected chi connectivity index (χ0v) is 18.8. The molecule has 9 heteroatoms. The van der Waals surface area contributed by atoms with Gasteiger partial charge in [0, 0.05) is 47.4 Å². The lowest BCUT2D eigenvalue weighted by molar-refractivity contribution is -0.117. The Kier molecular flexibility index (Phi) is 5.63. The van der Waals surface area contributed by atoms with E-state index in [4.69, 9.17) is 11.6 Å². The SMILES string of the molecule is O=C(Nc1ccc2cncc(Cl)c2c1)[C@@H]1C[C@H]1c1ccc(S(=O)(=O)NC2CCNC2)cc1. The van der Waals surface area contributed by atoms with Crippen LogP contribution in [-0.4, -0.2) is 38.4 Å². The lowest BCUT2D eigenvalue weighted by Gasteiger charge is -2.12. The van der Waals surface area contributed by atoms with Gasteiger partial charge in [-0.1, -0.05) is 29.8 Å². The number of pyridine rings is 1. The Morgan fingerprint density at radius 2 is 1.94 bits per heavy atom. The molecular formula is C23H23ClN4O3S. The van der Waals surface area contributed by atoms with Gasteiger partial charge in [-0.2, -0.15) is 0 Å². The van der Waals surface area contributed by atoms with E-state index in [0.717, 1.165) is 35.7 Å². The van der Waals surface area contributed by atoms with Gasteiger partial charge < -0.3 is 10.6 Å². The van der Waals surface area contributed by atoms with E-state index in [1.165, 1.54) is 0 Å². The summed E-state index contributed by atoms with van der Waals surface area (Å²) in [5.74, 6) is -0.0950. The Morgan fingerprint density at radius 3 is 2.69 bits per heavy atom. The number of fused-ring (bicyclic) bond motifs is 1. The Morgan fingerprint density at radius 1 is 1.12 bits per heavy atom. The summed E-state index contributed by atoms with van der Waals surface area (Å²) in [5, 5.41) is 8.41. The lowest BCUT2D eigenvalue weighted by Crippen LogP contribution is -2.36. The zero-order valence-electron chi connectivity index (χ0n) is 17.2. The third-order valence-corrected chi connectivity index (χ3v) is 7.95. The molecule has 1 amide bonds. The van der Waals surface area contributed by atoms with E-state index in [1.807, 2.05) is 30.3 Å². The van der Waals surface area contributed by atoms with Crippen LogP contribution in [0.5, 0.6) is 0 Å². The van der Waals surface area contributed by atoms with Crippen LogP contribution in [0.3, 0.4) is 0 Å². The first kappa shape index (κ1) is 21.3. The maximum Gasteiger partial charge on any atom is 0.240 e. The van der Waals surface area contributed by atoms with Crippen molar-refractivity contribution in [2.24, 2.45) is 5.92 Å². The summed E-state index contributed by atoms with van der Waals surface area (Å²) in [4.78, 5) is 17.0. The fourth-order valence-corrected chi connectivity index (χ4v) is 5.72. The Hall–Kier alpha value is -2.52. The van der Waals surface area contributed by atoms with E-state index >= 15 is 0 Å². The first-order chi connectivity index (χ1) is 15.4. The highest BCUT2D eigenvalue weighted by molar-refractivity contribution is 7.89. The molecule has 3 aromatic rings. The molecule has 2 aromatic carbocycles. The monoisotopic (exact) mass is 470 g/mol. The summed E-state index contributed by atoms with van der Waals surface area (Å²) in [6, 6.07) is 12.3. The molecule has 1 saturated heterocycles. The van der Waals surface area contributed by atoms with Crippen LogP contribution in [0.15, 0.2) is 59.8 Å². The highest BCUT2D eigenvalue weighted by atomic mass is 35.5. The second kappa shape index (κ2) is 8.44. The molecule has 7 nitrogen and oxygen atoms in total. The highest BCUT2D eigenvalue weighted by Gasteiger charge is 2.44. The van der Waals surface area contributed by atoms with E-state index < -0.39 is 10.0 Å². The van der Waals surface area contributed by atoms with Crippen molar-refractivity contribution in [2.75, 3.05) is 18.4 Å². The molecular weight excluding hydrogens is 448 g/mol. The summed E-state index contributed by atoms with van der Waals surface area (Å²) in [6.07, 6.45) is 4.84. The number of nitrogens with one attached hydrogen (secondary N) is 3. The third kappa shape index (κ3) is 4.36. The summed E-state index contributed by atoms with van der Waals surface area (Å²) in [7, 11) is -3.54. The van der Waals surface area contributed by atoms with Gasteiger partial charge in [-0.05, 0) is 55.1 Å². The van der Waals surface area contributed by atoms with Gasteiger partial charge in [0.25, 0.3) is 0 Å². The van der Waals surface area contributed by atoms with E-state index in [2.05, 4.69) is 20.3 Å². The normalized spacial score (nSPS) is 22.7. The number of rotatable bonds is 6. The lowest BCUT2D eigenvalue weighted by atomic mass is 10.1. The second-order valence-corrected chi connectivity index (χ2v) is 10.5. The molecule has 5 rings (SSSR count). The molecule has 2 aliphatic rings. The number of nitrogens with zero attached hydrogens (tertiary/aromatic N) is 1. The molecule has 0 spiro atoms. The number of anilines is 1. The standard InChI is InChI=1S/C23H23ClN4O3S/c24-22-13-26-11-15-1-4-16(9-20(15)22)27-23(29)21-10-19(21)14-2-5-18(6-3-14)32(30,31)28-17-7-8-25-12-17/h1-6,9,11,13,17,19,21,25,28H,7-8,10,12H2,(H,27,29)/t17?,19-,21+/m0/s1. The van der Waals surface area contributed by atoms with Crippen LogP contribution < -0.4 is 15.4 Å². The van der Waals surface area contributed by atoms with Crippen molar-refractivity contribution < 1.29 is 13.2 Å². The number of aromatic nitrogens is 1. The molecule has 1 aliphatic carbocycles. The van der Waals surface area contributed by atoms with E-state index in [0.29, 0.717) is 17.3 Å². The average molecular weight is 471 g/mol. The van der Waals surface area contributed by atoms with Crippen LogP contribution in [0.25, 0.3) is 10.8 Å². The van der Waals surface area contributed by atoms with Gasteiger partial charge in [0.05, 0.1) is 9.92 Å². The number of benzene rings is 2. The minimum Gasteiger partial charge on any atom is -0.326 e. The topological polar surface area (TPSA) is 100 Å². The Balaban J connectivity index is 1.23. The summed E-state index contributed by atoms with van der Waals surface area (Å²) in [5.41, 5.74) is 1.66. The minimum atomic E-state index is -3.54. The Bertz CT molecular complexity index is 1270. The number of carbonyl (C=O) groups is 1. The van der Waals surface area contributed by atoms with Crippen molar-refractivity contribution in [3.63, 3.8) is 0 Å². The quantitative estimate of drug-likeness (QED) is 0.513. The van der Waals surface area contributed by atoms with Crippen molar-refractivity contribution in [2.45, 2.75) is 29.7 Å². The minimum absolute atomic E-state index is 0.0494. The first-order valence-electron chi connectivity index (χ1n) is 10.6. The number of amides is 1. The fourth-order valence-electron chi connectivity index (χ4n) is 4.23. The van der Waals surface area contributed by atoms with Crippen molar-refractivity contribution >= 4 is 44.0 Å². The second-order valence-electron chi connectivity index (χ2n) is 8.38. The van der Waals surface area contributed by atoms with Gasteiger partial charge in [-0.15, -0.1) is 0 Å². The molecule has 3 N–H and O–H groups in total. The number of hydrogen-bond donors (Lipinski definition) is 3. The maximum absolute atomic E-state index is 12.7. The van der Waals surface area contributed by atoms with Crippen LogP contribution in [0.4, 0.5) is 5.69 Å². The highest BCUT2D eigenvalue weighted by Crippen LogP contribution is 2.48. The van der Waals surface area contributed by atoms with E-state index in [-0.39, 0.29) is 28.7 Å². The molecule has 1 unspecified atom stereocenters. The molecule has 1 saturated carbocycles. The summed E-state index contributed by atoms with van der Waals surface area (Å²) in [6.45, 7) is 1.47. The smallest absolute Gasteiger partial charge is 0.240 e. The summed E-state index contributed by atoms with van der Waals surface area (Å²) < 4.78 is 27.9. The van der Waals surface area contributed by atoms with Gasteiger partial charge in [0.2, 0.25) is 15.9 Å². The van der Waals surface area contributed by atoms with Gasteiger partial charge in [0.15, 0.2) is 0 Å². The van der Waals surface area contributed by atoms with Crippen LogP contribution in [-0.2, 0) is 14.8 Å². The van der Waals surface area contributed by atoms with Gasteiger partial charge in [-0.3, -0.25) is 9.78 Å². The molecule has 32 heavy (non-hydrogen) atoms. The number of halogens is 1. The first-order valence-corrected chi connectivity index (χ1v) is 12.4. The predicted octanol–water partition coefficient (Wildman–Crippen LogP) is 3.27. The van der Waals surface area contributed by atoms with Gasteiger partial charge in [-0.25, -0.2) is 13.1 Å².